The highest BCUT2D eigenvalue weighted by Gasteiger charge is 2.23. The number of fused-ring (bicyclic) bond motifs is 1. The molecule has 2 heterocycles. The van der Waals surface area contributed by atoms with Gasteiger partial charge in [0.05, 0.1) is 11.0 Å². The molecule has 0 aliphatic carbocycles. The van der Waals surface area contributed by atoms with Crippen LogP contribution in [0.5, 0.6) is 0 Å². The molecule has 5 nitrogen and oxygen atoms in total. The van der Waals surface area contributed by atoms with Crippen LogP contribution in [0.1, 0.15) is 31.2 Å². The highest BCUT2D eigenvalue weighted by atomic mass is 16.5. The first-order chi connectivity index (χ1) is 9.25. The quantitative estimate of drug-likeness (QED) is 0.920. The van der Waals surface area contributed by atoms with E-state index in [4.69, 9.17) is 9.84 Å². The molecule has 0 amide bonds. The summed E-state index contributed by atoms with van der Waals surface area (Å²) in [5.41, 5.74) is 1.68. The monoisotopic (exact) mass is 260 g/mol. The van der Waals surface area contributed by atoms with E-state index in [0.29, 0.717) is 0 Å². The van der Waals surface area contributed by atoms with E-state index in [0.717, 1.165) is 42.7 Å². The fourth-order valence-corrected chi connectivity index (χ4v) is 2.59. The lowest BCUT2D eigenvalue weighted by Crippen LogP contribution is -2.19. The van der Waals surface area contributed by atoms with E-state index < -0.39 is 5.97 Å². The van der Waals surface area contributed by atoms with Crippen molar-refractivity contribution < 1.29 is 14.6 Å². The van der Waals surface area contributed by atoms with Crippen LogP contribution in [0.15, 0.2) is 24.3 Å². The Morgan fingerprint density at radius 2 is 2.26 bits per heavy atom. The van der Waals surface area contributed by atoms with Crippen LogP contribution in [-0.2, 0) is 16.1 Å². The third-order valence-electron chi connectivity index (χ3n) is 3.45. The van der Waals surface area contributed by atoms with Crippen molar-refractivity contribution in [2.24, 2.45) is 0 Å². The standard InChI is InChI=1S/C14H16N2O3/c17-13(18)9-16-11-6-2-1-5-10(11)15-14(16)12-7-3-4-8-19-12/h1-2,5-6,12H,3-4,7-9H2,(H,17,18). The van der Waals surface area contributed by atoms with E-state index in [2.05, 4.69) is 4.98 Å². The van der Waals surface area contributed by atoms with Crippen molar-refractivity contribution in [3.63, 3.8) is 0 Å². The Hall–Kier alpha value is -1.88. The van der Waals surface area contributed by atoms with Gasteiger partial charge < -0.3 is 14.4 Å². The Balaban J connectivity index is 2.07. The predicted molar refractivity (Wildman–Crippen MR) is 69.9 cm³/mol. The molecule has 1 unspecified atom stereocenters. The van der Waals surface area contributed by atoms with Crippen molar-refractivity contribution in [2.75, 3.05) is 6.61 Å². The Bertz CT molecular complexity index is 600. The van der Waals surface area contributed by atoms with Gasteiger partial charge >= 0.3 is 5.97 Å². The molecule has 0 bridgehead atoms. The van der Waals surface area contributed by atoms with Crippen LogP contribution in [0.25, 0.3) is 11.0 Å². The summed E-state index contributed by atoms with van der Waals surface area (Å²) in [6.07, 6.45) is 2.99. The number of carbonyl (C=O) groups is 1. The zero-order valence-corrected chi connectivity index (χ0v) is 10.6. The molecular weight excluding hydrogens is 244 g/mol. The van der Waals surface area contributed by atoms with Crippen LogP contribution in [-0.4, -0.2) is 27.2 Å². The number of ether oxygens (including phenoxy) is 1. The second kappa shape index (κ2) is 5.01. The lowest BCUT2D eigenvalue weighted by atomic mass is 10.1. The van der Waals surface area contributed by atoms with E-state index >= 15 is 0 Å². The van der Waals surface area contributed by atoms with Gasteiger partial charge in [0, 0.05) is 6.61 Å². The maximum atomic E-state index is 11.1. The highest BCUT2D eigenvalue weighted by molar-refractivity contribution is 5.78. The van der Waals surface area contributed by atoms with E-state index in [1.165, 1.54) is 0 Å². The number of aliphatic carboxylic acids is 1. The van der Waals surface area contributed by atoms with Gasteiger partial charge in [-0.2, -0.15) is 0 Å². The topological polar surface area (TPSA) is 64.3 Å². The van der Waals surface area contributed by atoms with Gasteiger partial charge in [0.25, 0.3) is 0 Å². The number of hydrogen-bond donors (Lipinski definition) is 1. The largest absolute Gasteiger partial charge is 0.480 e. The van der Waals surface area contributed by atoms with Crippen molar-refractivity contribution in [3.05, 3.63) is 30.1 Å². The minimum Gasteiger partial charge on any atom is -0.480 e. The zero-order chi connectivity index (χ0) is 13.2. The summed E-state index contributed by atoms with van der Waals surface area (Å²) in [5.74, 6) is -0.122. The number of benzene rings is 1. The number of para-hydroxylation sites is 2. The Labute approximate surface area is 110 Å². The predicted octanol–water partition coefficient (Wildman–Crippen LogP) is 2.36. The third-order valence-corrected chi connectivity index (χ3v) is 3.45. The van der Waals surface area contributed by atoms with Crippen molar-refractivity contribution in [1.82, 2.24) is 9.55 Å². The number of imidazole rings is 1. The lowest BCUT2D eigenvalue weighted by Gasteiger charge is -2.22. The summed E-state index contributed by atoms with van der Waals surface area (Å²) >= 11 is 0. The molecule has 1 aromatic carbocycles. The maximum absolute atomic E-state index is 11.1. The smallest absolute Gasteiger partial charge is 0.323 e. The van der Waals surface area contributed by atoms with Gasteiger partial charge in [0.15, 0.2) is 0 Å². The maximum Gasteiger partial charge on any atom is 0.323 e. The van der Waals surface area contributed by atoms with Crippen LogP contribution in [0.3, 0.4) is 0 Å². The molecule has 1 saturated heterocycles. The van der Waals surface area contributed by atoms with Crippen molar-refractivity contribution in [3.8, 4) is 0 Å². The molecule has 0 saturated carbocycles. The second-order valence-electron chi connectivity index (χ2n) is 4.79. The van der Waals surface area contributed by atoms with Crippen LogP contribution in [0, 0.1) is 0 Å². The summed E-state index contributed by atoms with van der Waals surface area (Å²) in [7, 11) is 0. The molecule has 100 valence electrons. The molecule has 0 spiro atoms. The van der Waals surface area contributed by atoms with Crippen molar-refractivity contribution >= 4 is 17.0 Å². The molecular formula is C14H16N2O3. The van der Waals surface area contributed by atoms with E-state index in [1.54, 1.807) is 4.57 Å². The average Bonchev–Trinajstić information content (AvgIpc) is 2.78. The van der Waals surface area contributed by atoms with Gasteiger partial charge in [-0.15, -0.1) is 0 Å². The first kappa shape index (κ1) is 12.2. The van der Waals surface area contributed by atoms with Crippen LogP contribution < -0.4 is 0 Å². The summed E-state index contributed by atoms with van der Waals surface area (Å²) in [5, 5.41) is 9.08. The van der Waals surface area contributed by atoms with Gasteiger partial charge in [-0.3, -0.25) is 4.79 Å². The molecule has 1 aliphatic rings. The highest BCUT2D eigenvalue weighted by Crippen LogP contribution is 2.29. The number of carboxylic acid groups (broad SMARTS) is 1. The van der Waals surface area contributed by atoms with Crippen LogP contribution in [0.2, 0.25) is 0 Å². The average molecular weight is 260 g/mol. The van der Waals surface area contributed by atoms with E-state index in [9.17, 15) is 4.79 Å². The molecule has 1 aliphatic heterocycles. The minimum atomic E-state index is -0.861. The van der Waals surface area contributed by atoms with Crippen LogP contribution >= 0.6 is 0 Å². The fraction of sp³-hybridized carbons (Fsp3) is 0.429. The minimum absolute atomic E-state index is 0.0737. The third kappa shape index (κ3) is 2.33. The Morgan fingerprint density at radius 1 is 1.42 bits per heavy atom. The molecule has 3 rings (SSSR count). The fourth-order valence-electron chi connectivity index (χ4n) is 2.59. The zero-order valence-electron chi connectivity index (χ0n) is 10.6. The number of carboxylic acids is 1. The van der Waals surface area contributed by atoms with Crippen molar-refractivity contribution in [2.45, 2.75) is 31.9 Å². The molecule has 2 aromatic rings. The normalized spacial score (nSPS) is 19.7. The van der Waals surface area contributed by atoms with E-state index in [1.807, 2.05) is 24.3 Å². The van der Waals surface area contributed by atoms with Gasteiger partial charge in [-0.25, -0.2) is 4.98 Å². The molecule has 1 atom stereocenters. The summed E-state index contributed by atoms with van der Waals surface area (Å²) in [6, 6.07) is 7.61. The second-order valence-corrected chi connectivity index (χ2v) is 4.79. The van der Waals surface area contributed by atoms with E-state index in [-0.39, 0.29) is 12.6 Å². The summed E-state index contributed by atoms with van der Waals surface area (Å²) in [6.45, 7) is 0.649. The first-order valence-corrected chi connectivity index (χ1v) is 6.54. The molecule has 1 aromatic heterocycles. The number of aromatic nitrogens is 2. The first-order valence-electron chi connectivity index (χ1n) is 6.54. The van der Waals surface area contributed by atoms with Crippen molar-refractivity contribution in [1.29, 1.82) is 0 Å². The molecule has 19 heavy (non-hydrogen) atoms. The number of rotatable bonds is 3. The SMILES string of the molecule is O=C(O)Cn1c(C2CCCCO2)nc2ccccc21. The van der Waals surface area contributed by atoms with Gasteiger partial charge in [0.2, 0.25) is 0 Å². The van der Waals surface area contributed by atoms with Gasteiger partial charge in [-0.05, 0) is 31.4 Å². The summed E-state index contributed by atoms with van der Waals surface area (Å²) in [4.78, 5) is 15.6. The number of nitrogens with zero attached hydrogens (tertiary/aromatic N) is 2. The Kier molecular flexibility index (Phi) is 3.21. The number of hydrogen-bond acceptors (Lipinski definition) is 3. The summed E-state index contributed by atoms with van der Waals surface area (Å²) < 4.78 is 7.50. The molecule has 1 fully saturated rings. The Morgan fingerprint density at radius 3 is 3.00 bits per heavy atom. The molecule has 5 heteroatoms. The van der Waals surface area contributed by atoms with Gasteiger partial charge in [-0.1, -0.05) is 12.1 Å². The van der Waals surface area contributed by atoms with Gasteiger partial charge in [0.1, 0.15) is 18.5 Å². The molecule has 1 N–H and O–H groups in total. The lowest BCUT2D eigenvalue weighted by molar-refractivity contribution is -0.137. The van der Waals surface area contributed by atoms with Crippen LogP contribution in [0.4, 0.5) is 0 Å². The molecule has 0 radical (unpaired) electrons.